The first-order valence-corrected chi connectivity index (χ1v) is 8.20. The number of ether oxygens (including phenoxy) is 1. The van der Waals surface area contributed by atoms with Gasteiger partial charge < -0.3 is 9.84 Å². The Bertz CT molecular complexity index is 501. The molecule has 1 saturated carbocycles. The SMILES string of the molecule is O[C@@H]1CCC[C@H]1[C@@H]1COCCN1Cc1ncc(Cl)cc1Cl. The number of aromatic nitrogens is 1. The minimum atomic E-state index is -0.215. The molecule has 1 saturated heterocycles. The van der Waals surface area contributed by atoms with Gasteiger partial charge in [-0.25, -0.2) is 0 Å². The van der Waals surface area contributed by atoms with Crippen molar-refractivity contribution in [2.24, 2.45) is 5.92 Å². The van der Waals surface area contributed by atoms with E-state index in [9.17, 15) is 5.11 Å². The van der Waals surface area contributed by atoms with Crippen LogP contribution in [0.1, 0.15) is 25.0 Å². The van der Waals surface area contributed by atoms with E-state index in [1.165, 1.54) is 0 Å². The number of hydrogen-bond donors (Lipinski definition) is 1. The monoisotopic (exact) mass is 330 g/mol. The molecule has 6 heteroatoms. The summed E-state index contributed by atoms with van der Waals surface area (Å²) in [5.74, 6) is 0.288. The average molecular weight is 331 g/mol. The van der Waals surface area contributed by atoms with Crippen LogP contribution in [0.25, 0.3) is 0 Å². The van der Waals surface area contributed by atoms with Crippen LogP contribution in [-0.2, 0) is 11.3 Å². The highest BCUT2D eigenvalue weighted by Gasteiger charge is 2.37. The molecule has 3 atom stereocenters. The van der Waals surface area contributed by atoms with Gasteiger partial charge in [-0.2, -0.15) is 0 Å². The van der Waals surface area contributed by atoms with Crippen LogP contribution in [-0.4, -0.2) is 46.9 Å². The summed E-state index contributed by atoms with van der Waals surface area (Å²) in [4.78, 5) is 6.68. The van der Waals surface area contributed by atoms with Gasteiger partial charge in [-0.1, -0.05) is 29.6 Å². The minimum Gasteiger partial charge on any atom is -0.393 e. The largest absolute Gasteiger partial charge is 0.393 e. The van der Waals surface area contributed by atoms with Crippen molar-refractivity contribution in [1.82, 2.24) is 9.88 Å². The lowest BCUT2D eigenvalue weighted by atomic mass is 9.94. The predicted molar refractivity (Wildman–Crippen MR) is 82.6 cm³/mol. The van der Waals surface area contributed by atoms with Crippen molar-refractivity contribution >= 4 is 23.2 Å². The van der Waals surface area contributed by atoms with E-state index in [1.54, 1.807) is 12.3 Å². The molecule has 1 aromatic heterocycles. The van der Waals surface area contributed by atoms with E-state index in [2.05, 4.69) is 9.88 Å². The standard InChI is InChI=1S/C15H20Cl2N2O2/c16-10-6-12(17)13(18-7-10)8-19-4-5-21-9-14(19)11-2-1-3-15(11)20/h6-7,11,14-15,20H,1-5,8-9H2/t11-,14-,15+/m0/s1. The van der Waals surface area contributed by atoms with E-state index in [0.717, 1.165) is 31.5 Å². The van der Waals surface area contributed by atoms with E-state index in [-0.39, 0.29) is 18.1 Å². The third-order valence-corrected chi connectivity index (χ3v) is 5.08. The maximum atomic E-state index is 10.2. The molecule has 0 aromatic carbocycles. The summed E-state index contributed by atoms with van der Waals surface area (Å²) < 4.78 is 5.63. The molecule has 2 heterocycles. The topological polar surface area (TPSA) is 45.6 Å². The molecule has 1 aromatic rings. The van der Waals surface area contributed by atoms with Crippen LogP contribution in [0.15, 0.2) is 12.3 Å². The molecule has 0 radical (unpaired) electrons. The van der Waals surface area contributed by atoms with E-state index >= 15 is 0 Å². The lowest BCUT2D eigenvalue weighted by Crippen LogP contribution is -2.50. The van der Waals surface area contributed by atoms with Gasteiger partial charge in [-0.05, 0) is 18.9 Å². The molecule has 1 N–H and O–H groups in total. The lowest BCUT2D eigenvalue weighted by Gasteiger charge is -2.40. The van der Waals surface area contributed by atoms with Gasteiger partial charge in [0.05, 0.1) is 35.1 Å². The van der Waals surface area contributed by atoms with Crippen LogP contribution < -0.4 is 0 Å². The molecule has 0 unspecified atom stereocenters. The zero-order chi connectivity index (χ0) is 14.8. The van der Waals surface area contributed by atoms with Gasteiger partial charge in [0.1, 0.15) is 0 Å². The molecular formula is C15H20Cl2N2O2. The highest BCUT2D eigenvalue weighted by atomic mass is 35.5. The van der Waals surface area contributed by atoms with Crippen LogP contribution in [0.4, 0.5) is 0 Å². The number of halogens is 2. The molecular weight excluding hydrogens is 311 g/mol. The Labute approximate surface area is 135 Å². The molecule has 0 bridgehead atoms. The third kappa shape index (κ3) is 3.51. The van der Waals surface area contributed by atoms with E-state index in [1.807, 2.05) is 0 Å². The smallest absolute Gasteiger partial charge is 0.0731 e. The molecule has 1 aliphatic heterocycles. The Morgan fingerprint density at radius 2 is 2.24 bits per heavy atom. The number of nitrogens with zero attached hydrogens (tertiary/aromatic N) is 2. The van der Waals surface area contributed by atoms with Gasteiger partial charge in [0, 0.05) is 31.2 Å². The fourth-order valence-corrected chi connectivity index (χ4v) is 3.86. The van der Waals surface area contributed by atoms with Crippen LogP contribution in [0.3, 0.4) is 0 Å². The van der Waals surface area contributed by atoms with E-state index < -0.39 is 0 Å². The Balaban J connectivity index is 1.75. The van der Waals surface area contributed by atoms with E-state index in [4.69, 9.17) is 27.9 Å². The molecule has 2 fully saturated rings. The van der Waals surface area contributed by atoms with Crippen molar-refractivity contribution in [2.75, 3.05) is 19.8 Å². The number of hydrogen-bond acceptors (Lipinski definition) is 4. The Morgan fingerprint density at radius 3 is 2.95 bits per heavy atom. The Hall–Kier alpha value is -0.390. The second kappa shape index (κ2) is 6.80. The summed E-state index contributed by atoms with van der Waals surface area (Å²) in [7, 11) is 0. The van der Waals surface area contributed by atoms with Crippen molar-refractivity contribution in [1.29, 1.82) is 0 Å². The number of aliphatic hydroxyl groups is 1. The zero-order valence-electron chi connectivity index (χ0n) is 11.8. The molecule has 1 aliphatic carbocycles. The average Bonchev–Trinajstić information content (AvgIpc) is 2.89. The van der Waals surface area contributed by atoms with Gasteiger partial charge >= 0.3 is 0 Å². The first-order valence-electron chi connectivity index (χ1n) is 7.45. The summed E-state index contributed by atoms with van der Waals surface area (Å²) in [6, 6.07) is 1.97. The lowest BCUT2D eigenvalue weighted by molar-refractivity contribution is -0.0540. The van der Waals surface area contributed by atoms with Crippen molar-refractivity contribution in [3.05, 3.63) is 28.0 Å². The van der Waals surface area contributed by atoms with Gasteiger partial charge in [0.15, 0.2) is 0 Å². The van der Waals surface area contributed by atoms with Crippen molar-refractivity contribution < 1.29 is 9.84 Å². The Morgan fingerprint density at radius 1 is 1.38 bits per heavy atom. The van der Waals surface area contributed by atoms with Gasteiger partial charge in [0.2, 0.25) is 0 Å². The minimum absolute atomic E-state index is 0.215. The molecule has 116 valence electrons. The van der Waals surface area contributed by atoms with Crippen LogP contribution in [0.5, 0.6) is 0 Å². The first-order chi connectivity index (χ1) is 10.1. The van der Waals surface area contributed by atoms with Gasteiger partial charge in [0.25, 0.3) is 0 Å². The van der Waals surface area contributed by atoms with Crippen molar-refractivity contribution in [3.63, 3.8) is 0 Å². The normalized spacial score (nSPS) is 30.7. The second-order valence-corrected chi connectivity index (χ2v) is 6.70. The number of pyridine rings is 1. The molecule has 3 rings (SSSR count). The van der Waals surface area contributed by atoms with Gasteiger partial charge in [-0.3, -0.25) is 9.88 Å². The maximum absolute atomic E-state index is 10.2. The Kier molecular flexibility index (Phi) is 5.02. The number of rotatable bonds is 3. The number of morpholine rings is 1. The first kappa shape index (κ1) is 15.5. The third-order valence-electron chi connectivity index (χ3n) is 4.54. The molecule has 0 amide bonds. The van der Waals surface area contributed by atoms with Crippen LogP contribution >= 0.6 is 23.2 Å². The predicted octanol–water partition coefficient (Wildman–Crippen LogP) is 2.75. The molecule has 4 nitrogen and oxygen atoms in total. The zero-order valence-corrected chi connectivity index (χ0v) is 13.4. The fourth-order valence-electron chi connectivity index (χ4n) is 3.42. The molecule has 21 heavy (non-hydrogen) atoms. The molecule has 0 spiro atoms. The summed E-state index contributed by atoms with van der Waals surface area (Å²) in [6.07, 6.45) is 4.47. The highest BCUT2D eigenvalue weighted by molar-refractivity contribution is 6.34. The van der Waals surface area contributed by atoms with E-state index in [0.29, 0.717) is 29.8 Å². The van der Waals surface area contributed by atoms with Crippen LogP contribution in [0.2, 0.25) is 10.0 Å². The van der Waals surface area contributed by atoms with Crippen molar-refractivity contribution in [2.45, 2.75) is 38.0 Å². The molecule has 2 aliphatic rings. The fraction of sp³-hybridized carbons (Fsp3) is 0.667. The second-order valence-electron chi connectivity index (χ2n) is 5.86. The summed E-state index contributed by atoms with van der Waals surface area (Å²) >= 11 is 12.1. The quantitative estimate of drug-likeness (QED) is 0.925. The highest BCUT2D eigenvalue weighted by Crippen LogP contribution is 2.33. The summed E-state index contributed by atoms with van der Waals surface area (Å²) in [5.41, 5.74) is 0.834. The maximum Gasteiger partial charge on any atom is 0.0731 e. The van der Waals surface area contributed by atoms with Gasteiger partial charge in [-0.15, -0.1) is 0 Å². The number of aliphatic hydroxyl groups excluding tert-OH is 1. The van der Waals surface area contributed by atoms with Crippen LogP contribution in [0, 0.1) is 5.92 Å². The summed E-state index contributed by atoms with van der Waals surface area (Å²) in [6.45, 7) is 2.90. The summed E-state index contributed by atoms with van der Waals surface area (Å²) in [5, 5.41) is 11.3. The van der Waals surface area contributed by atoms with Crippen molar-refractivity contribution in [3.8, 4) is 0 Å².